The second-order valence-corrected chi connectivity index (χ2v) is 6.02. The molecule has 0 saturated heterocycles. The third kappa shape index (κ3) is 3.65. The quantitative estimate of drug-likeness (QED) is 0.398. The van der Waals surface area contributed by atoms with Crippen LogP contribution in [0.3, 0.4) is 0 Å². The summed E-state index contributed by atoms with van der Waals surface area (Å²) in [5.74, 6) is -1.13. The van der Waals surface area contributed by atoms with Crippen molar-refractivity contribution in [2.45, 2.75) is 0 Å². The Morgan fingerprint density at radius 1 is 1.00 bits per heavy atom. The summed E-state index contributed by atoms with van der Waals surface area (Å²) in [6, 6.07) is 13.1. The summed E-state index contributed by atoms with van der Waals surface area (Å²) >= 11 is 0. The van der Waals surface area contributed by atoms with Gasteiger partial charge in [0.1, 0.15) is 12.1 Å². The molecule has 0 saturated carbocycles. The van der Waals surface area contributed by atoms with Crippen LogP contribution in [0.15, 0.2) is 67.1 Å². The van der Waals surface area contributed by atoms with Gasteiger partial charge >= 0.3 is 5.97 Å². The molecule has 4 rings (SSSR count). The lowest BCUT2D eigenvalue weighted by molar-refractivity contribution is -0.131. The Kier molecular flexibility index (Phi) is 4.43. The molecule has 0 fully saturated rings. The number of carbonyl (C=O) groups excluding carboxylic acids is 1. The summed E-state index contributed by atoms with van der Waals surface area (Å²) in [6.07, 6.45) is 5.08. The van der Waals surface area contributed by atoms with Crippen LogP contribution in [-0.2, 0) is 9.59 Å². The van der Waals surface area contributed by atoms with E-state index < -0.39 is 11.9 Å². The van der Waals surface area contributed by atoms with Crippen molar-refractivity contribution >= 4 is 50.9 Å². The van der Waals surface area contributed by atoms with Crippen LogP contribution in [0.4, 0.5) is 17.2 Å². The number of amides is 1. The van der Waals surface area contributed by atoms with Crippen molar-refractivity contribution in [1.29, 1.82) is 0 Å². The van der Waals surface area contributed by atoms with Crippen LogP contribution in [0.5, 0.6) is 0 Å². The molecule has 0 aliphatic rings. The molecule has 0 aliphatic heterocycles. The Labute approximate surface area is 158 Å². The minimum atomic E-state index is -1.19. The predicted octanol–water partition coefficient (Wildman–Crippen LogP) is 3.43. The van der Waals surface area contributed by atoms with Gasteiger partial charge in [-0.05, 0) is 42.5 Å². The van der Waals surface area contributed by atoms with E-state index in [-0.39, 0.29) is 0 Å². The molecule has 138 valence electrons. The van der Waals surface area contributed by atoms with Crippen molar-refractivity contribution in [3.05, 3.63) is 67.1 Å². The molecule has 2 heterocycles. The maximum Gasteiger partial charge on any atom is 0.328 e. The number of aliphatic carboxylic acids is 1. The van der Waals surface area contributed by atoms with E-state index in [0.717, 1.165) is 34.1 Å². The molecule has 8 nitrogen and oxygen atoms in total. The number of aromatic amines is 1. The highest BCUT2D eigenvalue weighted by molar-refractivity contribution is 6.04. The van der Waals surface area contributed by atoms with Crippen LogP contribution < -0.4 is 10.6 Å². The standard InChI is InChI=1S/C20H15N5O3/c26-18(5-6-19(27)28)24-14-2-4-17-15(10-14)20(23-11-22-17)25-13-1-3-16-12(9-13)7-8-21-16/h1-11,21H,(H,24,26)(H,27,28)(H,22,23,25). The number of aromatic nitrogens is 3. The van der Waals surface area contributed by atoms with Gasteiger partial charge in [0.25, 0.3) is 0 Å². The summed E-state index contributed by atoms with van der Waals surface area (Å²) in [6.45, 7) is 0. The maximum atomic E-state index is 11.8. The van der Waals surface area contributed by atoms with Crippen molar-refractivity contribution in [3.8, 4) is 0 Å². The lowest BCUT2D eigenvalue weighted by atomic mass is 10.2. The molecular weight excluding hydrogens is 358 g/mol. The van der Waals surface area contributed by atoms with E-state index in [1.54, 1.807) is 18.2 Å². The van der Waals surface area contributed by atoms with Crippen LogP contribution >= 0.6 is 0 Å². The number of fused-ring (bicyclic) bond motifs is 2. The number of benzene rings is 2. The fraction of sp³-hybridized carbons (Fsp3) is 0. The third-order valence-electron chi connectivity index (χ3n) is 4.10. The van der Waals surface area contributed by atoms with E-state index in [4.69, 9.17) is 5.11 Å². The topological polar surface area (TPSA) is 120 Å². The van der Waals surface area contributed by atoms with Crippen LogP contribution in [0, 0.1) is 0 Å². The molecule has 2 aromatic heterocycles. The zero-order valence-corrected chi connectivity index (χ0v) is 14.5. The Hall–Kier alpha value is -4.20. The van der Waals surface area contributed by atoms with E-state index in [1.807, 2.05) is 30.5 Å². The molecule has 0 bridgehead atoms. The van der Waals surface area contributed by atoms with Crippen molar-refractivity contribution in [1.82, 2.24) is 15.0 Å². The van der Waals surface area contributed by atoms with Crippen molar-refractivity contribution < 1.29 is 14.7 Å². The molecule has 4 N–H and O–H groups in total. The average molecular weight is 373 g/mol. The highest BCUT2D eigenvalue weighted by Gasteiger charge is 2.07. The van der Waals surface area contributed by atoms with Crippen LogP contribution in [-0.4, -0.2) is 31.9 Å². The first-order valence-corrected chi connectivity index (χ1v) is 8.39. The summed E-state index contributed by atoms with van der Waals surface area (Å²) in [5.41, 5.74) is 3.12. The van der Waals surface area contributed by atoms with Crippen molar-refractivity contribution in [2.75, 3.05) is 10.6 Å². The van der Waals surface area contributed by atoms with Gasteiger partial charge in [0, 0.05) is 46.0 Å². The average Bonchev–Trinajstić information content (AvgIpc) is 3.15. The van der Waals surface area contributed by atoms with E-state index in [9.17, 15) is 9.59 Å². The van der Waals surface area contributed by atoms with E-state index >= 15 is 0 Å². The van der Waals surface area contributed by atoms with Crippen LogP contribution in [0.1, 0.15) is 0 Å². The van der Waals surface area contributed by atoms with Gasteiger partial charge in [-0.15, -0.1) is 0 Å². The zero-order valence-electron chi connectivity index (χ0n) is 14.5. The molecule has 0 atom stereocenters. The summed E-state index contributed by atoms with van der Waals surface area (Å²) in [5, 5.41) is 16.3. The second-order valence-electron chi connectivity index (χ2n) is 6.02. The number of carboxylic acids is 1. The number of nitrogens with zero attached hydrogens (tertiary/aromatic N) is 2. The molecule has 1 amide bonds. The molecule has 8 heteroatoms. The molecule has 2 aromatic carbocycles. The molecular formula is C20H15N5O3. The van der Waals surface area contributed by atoms with E-state index in [0.29, 0.717) is 17.0 Å². The normalized spacial score (nSPS) is 11.1. The SMILES string of the molecule is O=C(O)C=CC(=O)Nc1ccc2ncnc(Nc3ccc4[nH]ccc4c3)c2c1. The second kappa shape index (κ2) is 7.20. The first kappa shape index (κ1) is 17.2. The lowest BCUT2D eigenvalue weighted by Gasteiger charge is -2.10. The van der Waals surface area contributed by atoms with Gasteiger partial charge in [-0.3, -0.25) is 4.79 Å². The number of carbonyl (C=O) groups is 2. The van der Waals surface area contributed by atoms with Crippen molar-refractivity contribution in [2.24, 2.45) is 0 Å². The summed E-state index contributed by atoms with van der Waals surface area (Å²) in [4.78, 5) is 34.0. The van der Waals surface area contributed by atoms with E-state index in [2.05, 4.69) is 25.6 Å². The molecule has 0 radical (unpaired) electrons. The summed E-state index contributed by atoms with van der Waals surface area (Å²) < 4.78 is 0. The Morgan fingerprint density at radius 3 is 2.71 bits per heavy atom. The number of rotatable bonds is 5. The van der Waals surface area contributed by atoms with Gasteiger partial charge in [-0.25, -0.2) is 14.8 Å². The number of hydrogen-bond donors (Lipinski definition) is 4. The largest absolute Gasteiger partial charge is 0.478 e. The van der Waals surface area contributed by atoms with Gasteiger partial charge < -0.3 is 20.7 Å². The zero-order chi connectivity index (χ0) is 19.5. The molecule has 0 spiro atoms. The molecule has 0 aliphatic carbocycles. The van der Waals surface area contributed by atoms with Crippen LogP contribution in [0.25, 0.3) is 21.8 Å². The maximum absolute atomic E-state index is 11.8. The minimum Gasteiger partial charge on any atom is -0.478 e. The Morgan fingerprint density at radius 2 is 1.86 bits per heavy atom. The fourth-order valence-electron chi connectivity index (χ4n) is 2.83. The number of hydrogen-bond acceptors (Lipinski definition) is 5. The Balaban J connectivity index is 1.64. The van der Waals surface area contributed by atoms with Crippen molar-refractivity contribution in [3.63, 3.8) is 0 Å². The van der Waals surface area contributed by atoms with E-state index in [1.165, 1.54) is 6.33 Å². The van der Waals surface area contributed by atoms with Gasteiger partial charge in [0.15, 0.2) is 0 Å². The van der Waals surface area contributed by atoms with Gasteiger partial charge in [0.2, 0.25) is 5.91 Å². The molecule has 28 heavy (non-hydrogen) atoms. The number of nitrogens with one attached hydrogen (secondary N) is 3. The molecule has 4 aromatic rings. The van der Waals surface area contributed by atoms with Gasteiger partial charge in [-0.1, -0.05) is 0 Å². The van der Waals surface area contributed by atoms with Gasteiger partial charge in [-0.2, -0.15) is 0 Å². The monoisotopic (exact) mass is 373 g/mol. The van der Waals surface area contributed by atoms with Crippen LogP contribution in [0.2, 0.25) is 0 Å². The Bertz CT molecular complexity index is 1230. The predicted molar refractivity (Wildman–Crippen MR) is 107 cm³/mol. The number of anilines is 3. The first-order chi connectivity index (χ1) is 13.6. The number of H-pyrrole nitrogens is 1. The highest BCUT2D eigenvalue weighted by atomic mass is 16.4. The number of carboxylic acid groups (broad SMARTS) is 1. The minimum absolute atomic E-state index is 0.506. The molecule has 0 unspecified atom stereocenters. The lowest BCUT2D eigenvalue weighted by Crippen LogP contribution is -2.08. The first-order valence-electron chi connectivity index (χ1n) is 8.39. The highest BCUT2D eigenvalue weighted by Crippen LogP contribution is 2.27. The van der Waals surface area contributed by atoms with Gasteiger partial charge in [0.05, 0.1) is 5.52 Å². The fourth-order valence-corrected chi connectivity index (χ4v) is 2.83. The third-order valence-corrected chi connectivity index (χ3v) is 4.10. The summed E-state index contributed by atoms with van der Waals surface area (Å²) in [7, 11) is 0. The smallest absolute Gasteiger partial charge is 0.328 e.